The molecule has 3 rings (SSSR count). The van der Waals surface area contributed by atoms with Gasteiger partial charge in [0.25, 0.3) is 5.91 Å². The second kappa shape index (κ2) is 5.12. The Morgan fingerprint density at radius 1 is 1.30 bits per heavy atom. The van der Waals surface area contributed by atoms with Crippen molar-refractivity contribution in [3.8, 4) is 0 Å². The first kappa shape index (κ1) is 12.9. The summed E-state index contributed by atoms with van der Waals surface area (Å²) in [6.07, 6.45) is 2.34. The van der Waals surface area contributed by atoms with Gasteiger partial charge in [0.2, 0.25) is 0 Å². The Labute approximate surface area is 118 Å². The van der Waals surface area contributed by atoms with E-state index in [1.807, 2.05) is 18.2 Å². The molecule has 4 heteroatoms. The highest BCUT2D eigenvalue weighted by Crippen LogP contribution is 2.41. The first-order valence-corrected chi connectivity index (χ1v) is 6.95. The molecule has 1 N–H and O–H groups in total. The maximum Gasteiger partial charge on any atom is 0.257 e. The number of carbonyl (C=O) groups is 1. The minimum atomic E-state index is -0.0954. The predicted molar refractivity (Wildman–Crippen MR) is 75.4 cm³/mol. The molecule has 104 valence electrons. The van der Waals surface area contributed by atoms with E-state index < -0.39 is 0 Å². The molecule has 1 atom stereocenters. The fourth-order valence-electron chi connectivity index (χ4n) is 2.58. The number of hydrogen-bond donors (Lipinski definition) is 1. The zero-order valence-electron chi connectivity index (χ0n) is 11.7. The van der Waals surface area contributed by atoms with Gasteiger partial charge in [-0.25, -0.2) is 0 Å². The molecule has 20 heavy (non-hydrogen) atoms. The quantitative estimate of drug-likeness (QED) is 0.928. The number of amides is 1. The van der Waals surface area contributed by atoms with Crippen LogP contribution in [0.4, 0.5) is 0 Å². The summed E-state index contributed by atoms with van der Waals surface area (Å²) in [4.78, 5) is 12.5. The van der Waals surface area contributed by atoms with Crippen LogP contribution in [0.5, 0.6) is 0 Å². The van der Waals surface area contributed by atoms with E-state index in [4.69, 9.17) is 4.52 Å². The molecule has 0 bridgehead atoms. The lowest BCUT2D eigenvalue weighted by Crippen LogP contribution is -2.30. The van der Waals surface area contributed by atoms with Gasteiger partial charge in [-0.05, 0) is 38.2 Å². The van der Waals surface area contributed by atoms with Crippen molar-refractivity contribution in [1.29, 1.82) is 0 Å². The van der Waals surface area contributed by atoms with Crippen LogP contribution in [-0.4, -0.2) is 11.1 Å². The van der Waals surface area contributed by atoms with E-state index in [2.05, 4.69) is 22.6 Å². The zero-order valence-corrected chi connectivity index (χ0v) is 11.7. The Bertz CT molecular complexity index is 595. The van der Waals surface area contributed by atoms with Gasteiger partial charge in [0, 0.05) is 0 Å². The van der Waals surface area contributed by atoms with Crippen LogP contribution in [0.25, 0.3) is 0 Å². The van der Waals surface area contributed by atoms with E-state index in [0.717, 1.165) is 5.56 Å². The molecule has 0 saturated heterocycles. The summed E-state index contributed by atoms with van der Waals surface area (Å²) in [5.74, 6) is 1.02. The number of hydrogen-bond acceptors (Lipinski definition) is 3. The largest absolute Gasteiger partial charge is 0.361 e. The molecule has 4 nitrogen and oxygen atoms in total. The van der Waals surface area contributed by atoms with Crippen LogP contribution in [0.1, 0.15) is 46.3 Å². The number of aryl methyl sites for hydroxylation is 2. The SMILES string of the molecule is Cc1noc(C)c1C(=O)NC(c1ccccc1)C1CC1. The summed E-state index contributed by atoms with van der Waals surface area (Å²) < 4.78 is 5.07. The van der Waals surface area contributed by atoms with Crippen LogP contribution < -0.4 is 5.32 Å². The van der Waals surface area contributed by atoms with E-state index >= 15 is 0 Å². The van der Waals surface area contributed by atoms with Crippen LogP contribution in [0.15, 0.2) is 34.9 Å². The van der Waals surface area contributed by atoms with E-state index in [9.17, 15) is 4.79 Å². The lowest BCUT2D eigenvalue weighted by molar-refractivity contribution is 0.0929. The topological polar surface area (TPSA) is 55.1 Å². The summed E-state index contributed by atoms with van der Waals surface area (Å²) in [5, 5.41) is 6.98. The van der Waals surface area contributed by atoms with Crippen molar-refractivity contribution in [2.24, 2.45) is 5.92 Å². The van der Waals surface area contributed by atoms with Gasteiger partial charge in [-0.15, -0.1) is 0 Å². The van der Waals surface area contributed by atoms with Crippen LogP contribution in [0, 0.1) is 19.8 Å². The molecular formula is C16H18N2O2. The molecular weight excluding hydrogens is 252 g/mol. The zero-order chi connectivity index (χ0) is 14.1. The molecule has 2 aromatic rings. The molecule has 0 radical (unpaired) electrons. The number of benzene rings is 1. The minimum Gasteiger partial charge on any atom is -0.361 e. The standard InChI is InChI=1S/C16H18N2O2/c1-10-14(11(2)20-18-10)16(19)17-15(13-8-9-13)12-6-4-3-5-7-12/h3-7,13,15H,8-9H2,1-2H3,(H,17,19). The predicted octanol–water partition coefficient (Wildman–Crippen LogP) is 3.17. The Morgan fingerprint density at radius 3 is 2.55 bits per heavy atom. The van der Waals surface area contributed by atoms with Crippen molar-refractivity contribution in [3.63, 3.8) is 0 Å². The molecule has 1 aromatic carbocycles. The molecule has 1 fully saturated rings. The van der Waals surface area contributed by atoms with Crippen molar-refractivity contribution in [3.05, 3.63) is 52.9 Å². The Kier molecular flexibility index (Phi) is 3.30. The van der Waals surface area contributed by atoms with Gasteiger partial charge in [0.1, 0.15) is 11.3 Å². The van der Waals surface area contributed by atoms with Crippen molar-refractivity contribution >= 4 is 5.91 Å². The number of rotatable bonds is 4. The summed E-state index contributed by atoms with van der Waals surface area (Å²) in [6, 6.07) is 10.2. The monoisotopic (exact) mass is 270 g/mol. The molecule has 1 unspecified atom stereocenters. The number of carbonyl (C=O) groups excluding carboxylic acids is 1. The molecule has 1 aliphatic carbocycles. The molecule has 0 aliphatic heterocycles. The first-order chi connectivity index (χ1) is 9.66. The molecule has 0 spiro atoms. The molecule has 1 amide bonds. The third-order valence-electron chi connectivity index (χ3n) is 3.80. The maximum absolute atomic E-state index is 12.5. The van der Waals surface area contributed by atoms with Gasteiger partial charge in [0.15, 0.2) is 0 Å². The highest BCUT2D eigenvalue weighted by molar-refractivity contribution is 5.96. The third-order valence-corrected chi connectivity index (χ3v) is 3.80. The summed E-state index contributed by atoms with van der Waals surface area (Å²) in [7, 11) is 0. The summed E-state index contributed by atoms with van der Waals surface area (Å²) in [5.41, 5.74) is 2.37. The van der Waals surface area contributed by atoms with Crippen LogP contribution in [0.3, 0.4) is 0 Å². The Morgan fingerprint density at radius 2 is 2.00 bits per heavy atom. The summed E-state index contributed by atoms with van der Waals surface area (Å²) >= 11 is 0. The second-order valence-electron chi connectivity index (χ2n) is 5.40. The van der Waals surface area contributed by atoms with Crippen molar-refractivity contribution in [2.75, 3.05) is 0 Å². The van der Waals surface area contributed by atoms with Gasteiger partial charge < -0.3 is 9.84 Å². The highest BCUT2D eigenvalue weighted by Gasteiger charge is 2.34. The lowest BCUT2D eigenvalue weighted by Gasteiger charge is -2.18. The van der Waals surface area contributed by atoms with Crippen molar-refractivity contribution in [2.45, 2.75) is 32.7 Å². The highest BCUT2D eigenvalue weighted by atomic mass is 16.5. The van der Waals surface area contributed by atoms with Crippen LogP contribution in [0.2, 0.25) is 0 Å². The molecule has 1 heterocycles. The van der Waals surface area contributed by atoms with E-state index in [-0.39, 0.29) is 11.9 Å². The van der Waals surface area contributed by atoms with Gasteiger partial charge in [-0.3, -0.25) is 4.79 Å². The molecule has 1 aromatic heterocycles. The second-order valence-corrected chi connectivity index (χ2v) is 5.40. The molecule has 1 aliphatic rings. The fraction of sp³-hybridized carbons (Fsp3) is 0.375. The Balaban J connectivity index is 1.83. The van der Waals surface area contributed by atoms with Gasteiger partial charge in [-0.2, -0.15) is 0 Å². The van der Waals surface area contributed by atoms with E-state index in [1.165, 1.54) is 12.8 Å². The number of nitrogens with one attached hydrogen (secondary N) is 1. The third kappa shape index (κ3) is 2.46. The van der Waals surface area contributed by atoms with E-state index in [1.54, 1.807) is 13.8 Å². The smallest absolute Gasteiger partial charge is 0.257 e. The summed E-state index contributed by atoms with van der Waals surface area (Å²) in [6.45, 7) is 3.56. The van der Waals surface area contributed by atoms with Gasteiger partial charge in [0.05, 0.1) is 11.7 Å². The number of nitrogens with zero attached hydrogens (tertiary/aromatic N) is 1. The van der Waals surface area contributed by atoms with Crippen LogP contribution >= 0.6 is 0 Å². The fourth-order valence-corrected chi connectivity index (χ4v) is 2.58. The normalized spacial score (nSPS) is 15.9. The van der Waals surface area contributed by atoms with Crippen molar-refractivity contribution < 1.29 is 9.32 Å². The van der Waals surface area contributed by atoms with Gasteiger partial charge >= 0.3 is 0 Å². The van der Waals surface area contributed by atoms with Crippen LogP contribution in [-0.2, 0) is 0 Å². The van der Waals surface area contributed by atoms with Crippen molar-refractivity contribution in [1.82, 2.24) is 10.5 Å². The Hall–Kier alpha value is -2.10. The number of aromatic nitrogens is 1. The van der Waals surface area contributed by atoms with Gasteiger partial charge in [-0.1, -0.05) is 35.5 Å². The first-order valence-electron chi connectivity index (χ1n) is 6.95. The van der Waals surface area contributed by atoms with E-state index in [0.29, 0.717) is 22.9 Å². The average Bonchev–Trinajstić information content (AvgIpc) is 3.23. The maximum atomic E-state index is 12.5. The molecule has 1 saturated carbocycles. The minimum absolute atomic E-state index is 0.0809. The average molecular weight is 270 g/mol. The lowest BCUT2D eigenvalue weighted by atomic mass is 10.0.